The zero-order valence-corrected chi connectivity index (χ0v) is 5.53. The average molecular weight is 169 g/mol. The summed E-state index contributed by atoms with van der Waals surface area (Å²) in [5.74, 6) is 0. The molecule has 34 valence electrons. The molecule has 0 bridgehead atoms. The van der Waals surface area contributed by atoms with Gasteiger partial charge in [0.05, 0.1) is 0 Å². The summed E-state index contributed by atoms with van der Waals surface area (Å²) in [6, 6.07) is 0. The van der Waals surface area contributed by atoms with Crippen LogP contribution in [0.25, 0.3) is 0 Å². The molecule has 0 saturated heterocycles. The van der Waals surface area contributed by atoms with Crippen molar-refractivity contribution in [2.24, 2.45) is 0 Å². The molecule has 0 nitrogen and oxygen atoms in total. The van der Waals surface area contributed by atoms with Crippen LogP contribution in [0.1, 0.15) is 6.92 Å². The topological polar surface area (TPSA) is 0 Å². The number of rotatable bonds is 1. The molecule has 0 rings (SSSR count). The molecule has 0 aliphatic carbocycles. The van der Waals surface area contributed by atoms with Crippen LogP contribution in [0, 0.1) is 0 Å². The van der Waals surface area contributed by atoms with E-state index in [1.807, 2.05) is 19.1 Å². The first-order valence-corrected chi connectivity index (χ1v) is 1.65. The van der Waals surface area contributed by atoms with E-state index in [9.17, 15) is 0 Å². The fourth-order valence-electron chi connectivity index (χ4n) is 0.136. The summed E-state index contributed by atoms with van der Waals surface area (Å²) in [5.41, 5.74) is 0. The second kappa shape index (κ2) is 8.92. The molecule has 0 aliphatic heterocycles. The monoisotopic (exact) mass is 170 g/mol. The van der Waals surface area contributed by atoms with E-state index in [0.29, 0.717) is 0 Å². The molecule has 0 fully saturated rings. The first-order valence-electron chi connectivity index (χ1n) is 1.65. The second-order valence-corrected chi connectivity index (χ2v) is 0.761. The fraction of sp³-hybridized carbons (Fsp3) is 0.200. The molecule has 0 N–H and O–H groups in total. The third-order valence-corrected chi connectivity index (χ3v) is 0.329. The molecule has 0 radical (unpaired) electrons. The Hall–Kier alpha value is 0.103. The van der Waals surface area contributed by atoms with Crippen LogP contribution in [-0.2, 0) is 19.5 Å². The molecule has 0 heterocycles. The first-order chi connectivity index (χ1) is 2.41. The smallest absolute Gasteiger partial charge is 0.0991 e. The zero-order chi connectivity index (χ0) is 4.12. The fourth-order valence-corrected chi connectivity index (χ4v) is 0.136. The van der Waals surface area contributed by atoms with Crippen molar-refractivity contribution in [2.45, 2.75) is 6.92 Å². The predicted octanol–water partition coefficient (Wildman–Crippen LogP) is 1.75. The molecule has 0 amide bonds. The average Bonchev–Trinajstić information content (AvgIpc) is 1.41. The Morgan fingerprint density at radius 3 is 2.00 bits per heavy atom. The molecule has 0 aromatic rings. The van der Waals surface area contributed by atoms with E-state index >= 15 is 0 Å². The Kier molecular flexibility index (Phi) is 14.0. The summed E-state index contributed by atoms with van der Waals surface area (Å²) in [5, 5.41) is 0. The van der Waals surface area contributed by atoms with Gasteiger partial charge < -0.3 is 0 Å². The summed E-state index contributed by atoms with van der Waals surface area (Å²) in [4.78, 5) is 0. The normalized spacial score (nSPS) is 7.50. The predicted molar refractivity (Wildman–Crippen MR) is 25.0 cm³/mol. The van der Waals surface area contributed by atoms with Crippen LogP contribution in [0.15, 0.2) is 24.8 Å². The van der Waals surface area contributed by atoms with Crippen molar-refractivity contribution in [1.82, 2.24) is 0 Å². The van der Waals surface area contributed by atoms with E-state index < -0.39 is 0 Å². The third kappa shape index (κ3) is 8.93. The van der Waals surface area contributed by atoms with Crippen LogP contribution in [0.2, 0.25) is 0 Å². The van der Waals surface area contributed by atoms with Gasteiger partial charge in [0.2, 0.25) is 0 Å². The van der Waals surface area contributed by atoms with Crippen LogP contribution < -0.4 is 0 Å². The van der Waals surface area contributed by atoms with Crippen LogP contribution in [0.4, 0.5) is 0 Å². The molecular weight excluding hydrogens is 161 g/mol. The van der Waals surface area contributed by atoms with Gasteiger partial charge in [0, 0.05) is 0 Å². The van der Waals surface area contributed by atoms with Crippen LogP contribution in [0.3, 0.4) is 0 Å². The van der Waals surface area contributed by atoms with E-state index in [4.69, 9.17) is 0 Å². The van der Waals surface area contributed by atoms with Gasteiger partial charge in [0.15, 0.2) is 0 Å². The first kappa shape index (κ1) is 9.44. The molecule has 6 heavy (non-hydrogen) atoms. The minimum atomic E-state index is 0. The third-order valence-electron chi connectivity index (χ3n) is 0.329. The summed E-state index contributed by atoms with van der Waals surface area (Å²) in [7, 11) is 0. The van der Waals surface area contributed by atoms with Gasteiger partial charge in [0.25, 0.3) is 0 Å². The quantitative estimate of drug-likeness (QED) is 0.414. The van der Waals surface area contributed by atoms with Crippen LogP contribution in [0.5, 0.6) is 0 Å². The Balaban J connectivity index is 0. The second-order valence-electron chi connectivity index (χ2n) is 0.761. The molecule has 0 atom stereocenters. The minimum absolute atomic E-state index is 0. The molecule has 0 unspecified atom stereocenters. The minimum Gasteiger partial charge on any atom is -0.0991 e. The Bertz CT molecular complexity index is 45.9. The van der Waals surface area contributed by atoms with Crippen molar-refractivity contribution in [3.05, 3.63) is 24.8 Å². The number of hydrogen-bond donors (Lipinski definition) is 0. The van der Waals surface area contributed by atoms with Gasteiger partial charge in [-0.15, -0.1) is 0 Å². The van der Waals surface area contributed by atoms with Crippen molar-refractivity contribution in [3.63, 3.8) is 0 Å². The van der Waals surface area contributed by atoms with E-state index in [2.05, 4.69) is 6.58 Å². The molecule has 1 heteroatoms. The maximum Gasteiger partial charge on any atom is 2.00 e. The van der Waals surface area contributed by atoms with E-state index in [-0.39, 0.29) is 19.5 Å². The van der Waals surface area contributed by atoms with Gasteiger partial charge in [-0.2, -0.15) is 0 Å². The van der Waals surface area contributed by atoms with Crippen molar-refractivity contribution in [1.29, 1.82) is 0 Å². The summed E-state index contributed by atoms with van der Waals surface area (Å²) < 4.78 is 0. The largest absolute Gasteiger partial charge is 2.00 e. The maximum atomic E-state index is 3.46. The molecule has 0 aromatic heterocycles. The maximum absolute atomic E-state index is 3.46. The number of allylic oxidation sites excluding steroid dienone is 3. The van der Waals surface area contributed by atoms with Crippen molar-refractivity contribution in [2.75, 3.05) is 0 Å². The van der Waals surface area contributed by atoms with Crippen molar-refractivity contribution in [3.8, 4) is 0 Å². The van der Waals surface area contributed by atoms with Gasteiger partial charge in [0.1, 0.15) is 0 Å². The molecular formula is C5H8Ru+2. The van der Waals surface area contributed by atoms with Gasteiger partial charge in [-0.1, -0.05) is 24.8 Å². The van der Waals surface area contributed by atoms with Crippen molar-refractivity contribution < 1.29 is 19.5 Å². The molecule has 0 spiro atoms. The van der Waals surface area contributed by atoms with E-state index in [1.54, 1.807) is 6.08 Å². The summed E-state index contributed by atoms with van der Waals surface area (Å²) in [6.07, 6.45) is 5.58. The van der Waals surface area contributed by atoms with Crippen LogP contribution in [-0.4, -0.2) is 0 Å². The van der Waals surface area contributed by atoms with Crippen molar-refractivity contribution >= 4 is 0 Å². The zero-order valence-electron chi connectivity index (χ0n) is 3.79. The molecule has 0 aromatic carbocycles. The molecule has 0 aliphatic rings. The van der Waals surface area contributed by atoms with Gasteiger partial charge in [-0.25, -0.2) is 0 Å². The van der Waals surface area contributed by atoms with Crippen LogP contribution >= 0.6 is 0 Å². The number of hydrogen-bond acceptors (Lipinski definition) is 0. The Morgan fingerprint density at radius 2 is 2.00 bits per heavy atom. The van der Waals surface area contributed by atoms with E-state index in [0.717, 1.165) is 0 Å². The molecule has 0 saturated carbocycles. The summed E-state index contributed by atoms with van der Waals surface area (Å²) >= 11 is 0. The van der Waals surface area contributed by atoms with Gasteiger partial charge >= 0.3 is 19.5 Å². The standard InChI is InChI=1S/C5H8.Ru/c1-3-5-4-2;/h3-5H,1H2,2H3;/q;+2. The SMILES string of the molecule is C=CC=CC.[Ru+2]. The van der Waals surface area contributed by atoms with E-state index in [1.165, 1.54) is 0 Å². The van der Waals surface area contributed by atoms with Gasteiger partial charge in [-0.3, -0.25) is 0 Å². The van der Waals surface area contributed by atoms with Gasteiger partial charge in [-0.05, 0) is 6.92 Å². The Labute approximate surface area is 51.7 Å². The summed E-state index contributed by atoms with van der Waals surface area (Å²) in [6.45, 7) is 5.42. The Morgan fingerprint density at radius 1 is 1.50 bits per heavy atom.